The fraction of sp³-hybridized carbons (Fsp3) is 0.286. The molecule has 4 rings (SSSR count). The van der Waals surface area contributed by atoms with Gasteiger partial charge in [-0.2, -0.15) is 0 Å². The van der Waals surface area contributed by atoms with E-state index in [4.69, 9.17) is 15.2 Å². The molecule has 0 fully saturated rings. The summed E-state index contributed by atoms with van der Waals surface area (Å²) in [6.07, 6.45) is 0. The normalized spacial score (nSPS) is 19.8. The van der Waals surface area contributed by atoms with Gasteiger partial charge in [-0.3, -0.25) is 9.59 Å². The van der Waals surface area contributed by atoms with E-state index >= 15 is 0 Å². The highest BCUT2D eigenvalue weighted by molar-refractivity contribution is 6.18. The minimum Gasteiger partial charge on any atom is -0.462 e. The monoisotopic (exact) mass is 395 g/mol. The standard InChI is InChI=1S/C21H21N3O5/c1-4-24-13-9-7-6-8-12(13)21(20(24)27)15-14(10-11(3)23-18(15)25)29-17(22)16(21)19(26)28-5-2/h6-10H,4-5,22H2,1-3H3,(H,23,25). The number of nitrogens with two attached hydrogens (primary N) is 1. The molecule has 1 aromatic heterocycles. The number of carbonyl (C=O) groups is 2. The first kappa shape index (κ1) is 18.8. The maximum Gasteiger partial charge on any atom is 0.341 e. The number of nitrogens with zero attached hydrogens (tertiary/aromatic N) is 1. The lowest BCUT2D eigenvalue weighted by Crippen LogP contribution is -2.51. The molecule has 0 bridgehead atoms. The summed E-state index contributed by atoms with van der Waals surface area (Å²) in [5, 5.41) is 0. The lowest BCUT2D eigenvalue weighted by Gasteiger charge is -2.35. The summed E-state index contributed by atoms with van der Waals surface area (Å²) < 4.78 is 10.9. The van der Waals surface area contributed by atoms with Gasteiger partial charge in [0.2, 0.25) is 11.8 Å². The lowest BCUT2D eigenvalue weighted by atomic mass is 9.68. The second-order valence-electron chi connectivity index (χ2n) is 6.90. The number of fused-ring (bicyclic) bond motifs is 4. The van der Waals surface area contributed by atoms with Gasteiger partial charge in [-0.25, -0.2) is 4.79 Å². The highest BCUT2D eigenvalue weighted by Gasteiger charge is 2.62. The molecule has 3 heterocycles. The van der Waals surface area contributed by atoms with E-state index in [2.05, 4.69) is 4.98 Å². The molecule has 1 atom stereocenters. The highest BCUT2D eigenvalue weighted by atomic mass is 16.5. The van der Waals surface area contributed by atoms with Crippen LogP contribution in [0.25, 0.3) is 0 Å². The van der Waals surface area contributed by atoms with Crippen molar-refractivity contribution in [2.45, 2.75) is 26.2 Å². The predicted octanol–water partition coefficient (Wildman–Crippen LogP) is 1.46. The molecule has 2 aliphatic rings. The van der Waals surface area contributed by atoms with E-state index < -0.39 is 22.9 Å². The van der Waals surface area contributed by atoms with Crippen molar-refractivity contribution < 1.29 is 19.1 Å². The third-order valence-corrected chi connectivity index (χ3v) is 5.31. The largest absolute Gasteiger partial charge is 0.462 e. The SMILES string of the molecule is CCOC(=O)C1=C(N)Oc2cc(C)[nH]c(=O)c2C12C(=O)N(CC)c1ccccc12. The first-order valence-corrected chi connectivity index (χ1v) is 9.38. The van der Waals surface area contributed by atoms with E-state index in [-0.39, 0.29) is 29.4 Å². The van der Waals surface area contributed by atoms with Gasteiger partial charge in [-0.15, -0.1) is 0 Å². The molecular formula is C21H21N3O5. The number of anilines is 1. The molecule has 0 radical (unpaired) electrons. The molecule has 2 aromatic rings. The zero-order valence-electron chi connectivity index (χ0n) is 16.4. The van der Waals surface area contributed by atoms with Crippen LogP contribution >= 0.6 is 0 Å². The molecule has 8 nitrogen and oxygen atoms in total. The van der Waals surface area contributed by atoms with Gasteiger partial charge in [0.05, 0.1) is 12.2 Å². The number of rotatable bonds is 3. The second-order valence-corrected chi connectivity index (χ2v) is 6.90. The first-order valence-electron chi connectivity index (χ1n) is 9.38. The number of pyridine rings is 1. The fourth-order valence-corrected chi connectivity index (χ4v) is 4.28. The third-order valence-electron chi connectivity index (χ3n) is 5.31. The summed E-state index contributed by atoms with van der Waals surface area (Å²) in [4.78, 5) is 44.2. The second kappa shape index (κ2) is 6.51. The van der Waals surface area contributed by atoms with Crippen molar-refractivity contribution >= 4 is 17.6 Å². The number of H-pyrrole nitrogens is 1. The zero-order valence-corrected chi connectivity index (χ0v) is 16.4. The number of esters is 1. The summed E-state index contributed by atoms with van der Waals surface area (Å²) in [6, 6.07) is 8.65. The molecule has 0 saturated carbocycles. The Morgan fingerprint density at radius 1 is 1.28 bits per heavy atom. The van der Waals surface area contributed by atoms with Crippen LogP contribution in [0.4, 0.5) is 5.69 Å². The van der Waals surface area contributed by atoms with Crippen LogP contribution in [-0.2, 0) is 19.7 Å². The Balaban J connectivity index is 2.18. The fourth-order valence-electron chi connectivity index (χ4n) is 4.28. The Kier molecular flexibility index (Phi) is 4.22. The van der Waals surface area contributed by atoms with Gasteiger partial charge in [-0.1, -0.05) is 18.2 Å². The van der Waals surface area contributed by atoms with E-state index in [0.717, 1.165) is 0 Å². The average molecular weight is 395 g/mol. The van der Waals surface area contributed by atoms with E-state index in [1.165, 1.54) is 4.90 Å². The summed E-state index contributed by atoms with van der Waals surface area (Å²) in [7, 11) is 0. The van der Waals surface area contributed by atoms with E-state index in [9.17, 15) is 14.4 Å². The molecular weight excluding hydrogens is 374 g/mol. The summed E-state index contributed by atoms with van der Waals surface area (Å²) in [5.41, 5.74) is 5.42. The molecule has 3 N–H and O–H groups in total. The summed E-state index contributed by atoms with van der Waals surface area (Å²) >= 11 is 0. The number of aromatic amines is 1. The number of carbonyl (C=O) groups excluding carboxylic acids is 2. The molecule has 29 heavy (non-hydrogen) atoms. The van der Waals surface area contributed by atoms with Gasteiger partial charge >= 0.3 is 5.97 Å². The molecule has 1 unspecified atom stereocenters. The molecule has 8 heteroatoms. The number of amides is 1. The van der Waals surface area contributed by atoms with Gasteiger partial charge in [0.25, 0.3) is 5.56 Å². The Hall–Kier alpha value is -3.55. The maximum absolute atomic E-state index is 13.9. The van der Waals surface area contributed by atoms with Crippen molar-refractivity contribution in [2.24, 2.45) is 5.73 Å². The highest BCUT2D eigenvalue weighted by Crippen LogP contribution is 2.54. The van der Waals surface area contributed by atoms with Crippen molar-refractivity contribution in [3.8, 4) is 5.75 Å². The Bertz CT molecular complexity index is 1130. The molecule has 1 spiro atoms. The van der Waals surface area contributed by atoms with Gasteiger partial charge in [0, 0.05) is 29.6 Å². The number of hydrogen-bond acceptors (Lipinski definition) is 6. The minimum atomic E-state index is -1.74. The van der Waals surface area contributed by atoms with Crippen LogP contribution in [0, 0.1) is 6.92 Å². The number of ether oxygens (including phenoxy) is 2. The van der Waals surface area contributed by atoms with E-state index in [1.807, 2.05) is 6.92 Å². The zero-order chi connectivity index (χ0) is 20.9. The molecule has 0 saturated heterocycles. The Labute approximate surface area is 166 Å². The summed E-state index contributed by atoms with van der Waals surface area (Å²) in [5.74, 6) is -1.33. The number of benzene rings is 1. The first-order chi connectivity index (χ1) is 13.9. The minimum absolute atomic E-state index is 0.0359. The molecule has 1 aromatic carbocycles. The van der Waals surface area contributed by atoms with Crippen LogP contribution in [0.3, 0.4) is 0 Å². The van der Waals surface area contributed by atoms with Gasteiger partial charge in [0.15, 0.2) is 0 Å². The van der Waals surface area contributed by atoms with Crippen LogP contribution in [0.15, 0.2) is 46.6 Å². The van der Waals surface area contributed by atoms with E-state index in [1.54, 1.807) is 44.2 Å². The number of hydrogen-bond donors (Lipinski definition) is 2. The average Bonchev–Trinajstić information content (AvgIpc) is 2.90. The molecule has 0 aliphatic carbocycles. The number of para-hydroxylation sites is 1. The van der Waals surface area contributed by atoms with Crippen LogP contribution in [0.2, 0.25) is 0 Å². The summed E-state index contributed by atoms with van der Waals surface area (Å²) in [6.45, 7) is 5.60. The van der Waals surface area contributed by atoms with Crippen LogP contribution in [0.1, 0.15) is 30.7 Å². The Morgan fingerprint density at radius 3 is 2.69 bits per heavy atom. The van der Waals surface area contributed by atoms with E-state index in [0.29, 0.717) is 23.5 Å². The third kappa shape index (κ3) is 2.35. The van der Waals surface area contributed by atoms with Crippen molar-refractivity contribution in [3.05, 3.63) is 69.0 Å². The van der Waals surface area contributed by atoms with Crippen molar-refractivity contribution in [1.82, 2.24) is 4.98 Å². The predicted molar refractivity (Wildman–Crippen MR) is 106 cm³/mol. The van der Waals surface area contributed by atoms with Gasteiger partial charge < -0.3 is 25.1 Å². The van der Waals surface area contributed by atoms with Crippen molar-refractivity contribution in [1.29, 1.82) is 0 Å². The molecule has 2 aliphatic heterocycles. The van der Waals surface area contributed by atoms with Gasteiger partial charge in [0.1, 0.15) is 16.7 Å². The Morgan fingerprint density at radius 2 is 2.00 bits per heavy atom. The quantitative estimate of drug-likeness (QED) is 0.761. The van der Waals surface area contributed by atoms with Gasteiger partial charge in [-0.05, 0) is 26.8 Å². The maximum atomic E-state index is 13.9. The lowest BCUT2D eigenvalue weighted by molar-refractivity contribution is -0.140. The number of aryl methyl sites for hydroxylation is 1. The number of likely N-dealkylation sites (N-methyl/N-ethyl adjacent to an activating group) is 1. The van der Waals surface area contributed by atoms with Crippen LogP contribution < -0.4 is 20.9 Å². The topological polar surface area (TPSA) is 115 Å². The van der Waals surface area contributed by atoms with Crippen molar-refractivity contribution in [2.75, 3.05) is 18.1 Å². The molecule has 150 valence electrons. The number of aromatic nitrogens is 1. The van der Waals surface area contributed by atoms with Crippen molar-refractivity contribution in [3.63, 3.8) is 0 Å². The van der Waals surface area contributed by atoms with Crippen LogP contribution in [0.5, 0.6) is 5.75 Å². The smallest absolute Gasteiger partial charge is 0.341 e. The molecule has 1 amide bonds. The number of nitrogens with one attached hydrogen (secondary N) is 1. The van der Waals surface area contributed by atoms with Crippen LogP contribution in [-0.4, -0.2) is 30.0 Å².